The highest BCUT2D eigenvalue weighted by molar-refractivity contribution is 5.89. The molecule has 38 heavy (non-hydrogen) atoms. The summed E-state index contributed by atoms with van der Waals surface area (Å²) < 4.78 is 87.2. The third-order valence-corrected chi connectivity index (χ3v) is 7.91. The summed E-state index contributed by atoms with van der Waals surface area (Å²) in [6.45, 7) is 0.677. The van der Waals surface area contributed by atoms with E-state index < -0.39 is 35.9 Å². The molecule has 0 radical (unpaired) electrons. The number of nitrogens with one attached hydrogen (secondary N) is 1. The number of ether oxygens (including phenoxy) is 1. The van der Waals surface area contributed by atoms with E-state index in [1.54, 1.807) is 18.2 Å². The molecule has 2 aromatic rings. The van der Waals surface area contributed by atoms with Crippen LogP contribution < -0.4 is 10.1 Å². The highest BCUT2D eigenvalue weighted by atomic mass is 19.4. The Labute approximate surface area is 217 Å². The number of carboxylic acids is 1. The van der Waals surface area contributed by atoms with Gasteiger partial charge >= 0.3 is 18.3 Å². The maximum absolute atomic E-state index is 14.2. The molecule has 0 unspecified atom stereocenters. The van der Waals surface area contributed by atoms with E-state index in [2.05, 4.69) is 5.32 Å². The maximum Gasteiger partial charge on any atom is 0.420 e. The molecule has 2 aliphatic rings. The zero-order valence-electron chi connectivity index (χ0n) is 21.0. The molecule has 210 valence electrons. The minimum Gasteiger partial charge on any atom is -0.490 e. The lowest BCUT2D eigenvalue weighted by atomic mass is 9.86. The molecular formula is C28H33F6NO3. The highest BCUT2D eigenvalue weighted by Crippen LogP contribution is 2.44. The van der Waals surface area contributed by atoms with Gasteiger partial charge in [0.15, 0.2) is 0 Å². The molecule has 2 fully saturated rings. The lowest BCUT2D eigenvalue weighted by molar-refractivity contribution is -0.185. The summed E-state index contributed by atoms with van der Waals surface area (Å²) in [7, 11) is 0. The molecule has 0 spiro atoms. The quantitative estimate of drug-likeness (QED) is 0.266. The molecule has 0 saturated heterocycles. The molecule has 0 aliphatic heterocycles. The predicted octanol–water partition coefficient (Wildman–Crippen LogP) is 7.52. The average molecular weight is 546 g/mol. The number of aryl methyl sites for hydroxylation is 1. The summed E-state index contributed by atoms with van der Waals surface area (Å²) in [6.07, 6.45) is -5.69. The number of alkyl halides is 6. The highest BCUT2D eigenvalue weighted by Gasteiger charge is 2.42. The van der Waals surface area contributed by atoms with Gasteiger partial charge in [-0.15, -0.1) is 0 Å². The van der Waals surface area contributed by atoms with Gasteiger partial charge < -0.3 is 15.2 Å². The van der Waals surface area contributed by atoms with Gasteiger partial charge in [-0.05, 0) is 93.2 Å². The molecule has 4 nitrogen and oxygen atoms in total. The molecule has 0 atom stereocenters. The zero-order chi connectivity index (χ0) is 27.5. The van der Waals surface area contributed by atoms with Crippen molar-refractivity contribution in [2.45, 2.75) is 88.7 Å². The predicted molar refractivity (Wildman–Crippen MR) is 131 cm³/mol. The van der Waals surface area contributed by atoms with Crippen molar-refractivity contribution in [3.05, 3.63) is 41.5 Å². The number of hydrogen-bond donors (Lipinski definition) is 2. The maximum atomic E-state index is 14.2. The Bertz CT molecular complexity index is 1100. The van der Waals surface area contributed by atoms with Crippen LogP contribution in [0.4, 0.5) is 26.3 Å². The minimum atomic E-state index is -4.69. The summed E-state index contributed by atoms with van der Waals surface area (Å²) in [5, 5.41) is 13.0. The van der Waals surface area contributed by atoms with Crippen LogP contribution >= 0.6 is 0 Å². The molecular weight excluding hydrogens is 512 g/mol. The number of fused-ring (bicyclic) bond motifs is 1. The molecule has 2 aromatic carbocycles. The first-order chi connectivity index (χ1) is 17.9. The Balaban J connectivity index is 1.40. The molecule has 2 saturated carbocycles. The molecule has 0 amide bonds. The average Bonchev–Trinajstić information content (AvgIpc) is 2.85. The first-order valence-electron chi connectivity index (χ1n) is 13.2. The topological polar surface area (TPSA) is 58.6 Å². The minimum absolute atomic E-state index is 0.0245. The van der Waals surface area contributed by atoms with Gasteiger partial charge in [0.25, 0.3) is 0 Å². The molecule has 0 aromatic heterocycles. The van der Waals surface area contributed by atoms with Crippen molar-refractivity contribution in [3.8, 4) is 5.75 Å². The molecule has 10 heteroatoms. The van der Waals surface area contributed by atoms with Crippen molar-refractivity contribution in [1.82, 2.24) is 5.32 Å². The van der Waals surface area contributed by atoms with E-state index in [1.165, 1.54) is 12.1 Å². The van der Waals surface area contributed by atoms with Gasteiger partial charge in [0.05, 0.1) is 17.9 Å². The zero-order valence-corrected chi connectivity index (χ0v) is 21.0. The fourth-order valence-corrected chi connectivity index (χ4v) is 5.72. The summed E-state index contributed by atoms with van der Waals surface area (Å²) in [5.74, 6) is -2.80. The number of rotatable bonds is 8. The summed E-state index contributed by atoms with van der Waals surface area (Å²) in [5.41, 5.74) is -0.134. The Kier molecular flexibility index (Phi) is 8.79. The third kappa shape index (κ3) is 7.12. The van der Waals surface area contributed by atoms with Gasteiger partial charge in [-0.25, -0.2) is 0 Å². The van der Waals surface area contributed by atoms with Crippen molar-refractivity contribution in [2.75, 3.05) is 6.54 Å². The summed E-state index contributed by atoms with van der Waals surface area (Å²) in [6, 6.07) is 8.07. The smallest absolute Gasteiger partial charge is 0.420 e. The fourth-order valence-electron chi connectivity index (χ4n) is 5.72. The van der Waals surface area contributed by atoms with Crippen molar-refractivity contribution < 1.29 is 41.0 Å². The first kappa shape index (κ1) is 28.5. The van der Waals surface area contributed by atoms with Crippen LogP contribution in [0.2, 0.25) is 0 Å². The van der Waals surface area contributed by atoms with Crippen molar-refractivity contribution in [2.24, 2.45) is 11.8 Å². The van der Waals surface area contributed by atoms with Crippen LogP contribution in [0.15, 0.2) is 30.3 Å². The van der Waals surface area contributed by atoms with Crippen molar-refractivity contribution >= 4 is 16.7 Å². The van der Waals surface area contributed by atoms with E-state index >= 15 is 0 Å². The van der Waals surface area contributed by atoms with Crippen molar-refractivity contribution in [3.63, 3.8) is 0 Å². The molecule has 2 N–H and O–H groups in total. The van der Waals surface area contributed by atoms with E-state index in [1.807, 2.05) is 0 Å². The summed E-state index contributed by atoms with van der Waals surface area (Å²) in [4.78, 5) is 11.1. The summed E-state index contributed by atoms with van der Waals surface area (Å²) >= 11 is 0. The lowest BCUT2D eigenvalue weighted by Gasteiger charge is -2.31. The van der Waals surface area contributed by atoms with E-state index in [-0.39, 0.29) is 48.8 Å². The van der Waals surface area contributed by atoms with Gasteiger partial charge in [0.1, 0.15) is 11.3 Å². The van der Waals surface area contributed by atoms with Gasteiger partial charge in [-0.1, -0.05) is 24.3 Å². The normalized spacial score (nSPS) is 24.9. The van der Waals surface area contributed by atoms with Crippen LogP contribution in [0.25, 0.3) is 10.8 Å². The van der Waals surface area contributed by atoms with E-state index in [0.717, 1.165) is 18.4 Å². The molecule has 0 bridgehead atoms. The molecule has 0 heterocycles. The van der Waals surface area contributed by atoms with Crippen LogP contribution in [0.3, 0.4) is 0 Å². The Morgan fingerprint density at radius 3 is 2.18 bits per heavy atom. The van der Waals surface area contributed by atoms with Crippen LogP contribution in [-0.2, 0) is 17.4 Å². The Morgan fingerprint density at radius 2 is 1.58 bits per heavy atom. The SMILES string of the molecule is O=C(O)[C@H]1CC[C@@H](NCCCc2ccc3ccc(O[C@H]4CC[C@@H](C(F)(F)F)CC4)c(C(F)(F)F)c3c2)CC1. The van der Waals surface area contributed by atoms with Crippen LogP contribution in [0, 0.1) is 11.8 Å². The Morgan fingerprint density at radius 1 is 0.921 bits per heavy atom. The third-order valence-electron chi connectivity index (χ3n) is 7.91. The second-order valence-corrected chi connectivity index (χ2v) is 10.6. The van der Waals surface area contributed by atoms with Gasteiger partial charge in [-0.3, -0.25) is 4.79 Å². The van der Waals surface area contributed by atoms with E-state index in [9.17, 15) is 31.1 Å². The van der Waals surface area contributed by atoms with Crippen LogP contribution in [0.5, 0.6) is 5.75 Å². The number of carbonyl (C=O) groups is 1. The monoisotopic (exact) mass is 545 g/mol. The molecule has 2 aliphatic carbocycles. The number of benzene rings is 2. The Hall–Kier alpha value is -2.49. The van der Waals surface area contributed by atoms with Crippen LogP contribution in [-0.4, -0.2) is 35.9 Å². The molecule has 4 rings (SSSR count). The lowest BCUT2D eigenvalue weighted by Crippen LogP contribution is -2.35. The number of halogens is 6. The van der Waals surface area contributed by atoms with E-state index in [4.69, 9.17) is 9.84 Å². The largest absolute Gasteiger partial charge is 0.490 e. The first-order valence-corrected chi connectivity index (χ1v) is 13.2. The number of carboxylic acid groups (broad SMARTS) is 1. The fraction of sp³-hybridized carbons (Fsp3) is 0.607. The van der Waals surface area contributed by atoms with Crippen molar-refractivity contribution in [1.29, 1.82) is 0 Å². The van der Waals surface area contributed by atoms with E-state index in [0.29, 0.717) is 37.6 Å². The second-order valence-electron chi connectivity index (χ2n) is 10.6. The second kappa shape index (κ2) is 11.7. The van der Waals surface area contributed by atoms with Crippen LogP contribution in [0.1, 0.15) is 68.9 Å². The van der Waals surface area contributed by atoms with Gasteiger partial charge in [-0.2, -0.15) is 26.3 Å². The standard InChI is InChI=1S/C28H33F6NO3/c29-27(30,31)20-8-12-22(13-9-20)38-24-14-7-18-4-3-17(16-23(18)25(24)28(32,33)34)2-1-15-35-21-10-5-19(6-11-21)26(36)37/h3-4,7,14,16,19-22,35H,1-2,5-6,8-13,15H2,(H,36,37)/t19-,20-,21+,22+. The van der Waals surface area contributed by atoms with Gasteiger partial charge in [0.2, 0.25) is 0 Å². The van der Waals surface area contributed by atoms with Gasteiger partial charge in [0, 0.05) is 6.04 Å². The number of aliphatic carboxylic acids is 1. The number of hydrogen-bond acceptors (Lipinski definition) is 3.